The molecule has 1 saturated heterocycles. The van der Waals surface area contributed by atoms with Gasteiger partial charge in [0.05, 0.1) is 16.8 Å². The first-order valence-electron chi connectivity index (χ1n) is 11.1. The van der Waals surface area contributed by atoms with Crippen molar-refractivity contribution in [2.45, 2.75) is 13.0 Å². The second-order valence-electron chi connectivity index (χ2n) is 8.32. The first kappa shape index (κ1) is 20.4. The van der Waals surface area contributed by atoms with Crippen LogP contribution >= 0.6 is 0 Å². The third-order valence-corrected chi connectivity index (χ3v) is 6.31. The van der Waals surface area contributed by atoms with Gasteiger partial charge >= 0.3 is 0 Å². The first-order valence-corrected chi connectivity index (χ1v) is 11.1. The van der Waals surface area contributed by atoms with Crippen LogP contribution in [-0.2, 0) is 13.0 Å². The number of benzene rings is 2. The topological polar surface area (TPSA) is 56.8 Å². The molecule has 0 saturated carbocycles. The number of aromatic nitrogens is 1. The van der Waals surface area contributed by atoms with Crippen LogP contribution in [0.15, 0.2) is 73.1 Å². The molecule has 2 aliphatic heterocycles. The highest BCUT2D eigenvalue weighted by Gasteiger charge is 2.38. The van der Waals surface area contributed by atoms with E-state index in [0.717, 1.165) is 44.0 Å². The number of rotatable bonds is 6. The monoisotopic (exact) mass is 426 g/mol. The van der Waals surface area contributed by atoms with Crippen molar-refractivity contribution in [2.24, 2.45) is 0 Å². The second kappa shape index (κ2) is 8.93. The van der Waals surface area contributed by atoms with Crippen LogP contribution in [0.4, 0.5) is 5.69 Å². The van der Waals surface area contributed by atoms with Crippen LogP contribution in [0.1, 0.15) is 31.8 Å². The van der Waals surface area contributed by atoms with E-state index in [1.165, 1.54) is 10.5 Å². The van der Waals surface area contributed by atoms with Gasteiger partial charge in [0.25, 0.3) is 11.8 Å². The summed E-state index contributed by atoms with van der Waals surface area (Å²) in [6, 6.07) is 20.0. The Morgan fingerprint density at radius 3 is 2.25 bits per heavy atom. The predicted molar refractivity (Wildman–Crippen MR) is 124 cm³/mol. The third kappa shape index (κ3) is 4.01. The maximum Gasteiger partial charge on any atom is 0.263 e. The van der Waals surface area contributed by atoms with Gasteiger partial charge in [-0.2, -0.15) is 0 Å². The summed E-state index contributed by atoms with van der Waals surface area (Å²) in [5.41, 5.74) is 4.34. The number of hydrogen-bond acceptors (Lipinski definition) is 5. The molecule has 1 fully saturated rings. The minimum atomic E-state index is -0.191. The number of hydrogen-bond donors (Lipinski definition) is 0. The maximum absolute atomic E-state index is 13.3. The Bertz CT molecular complexity index is 1110. The van der Waals surface area contributed by atoms with E-state index in [1.54, 1.807) is 18.5 Å². The summed E-state index contributed by atoms with van der Waals surface area (Å²) in [4.78, 5) is 36.3. The number of fused-ring (bicyclic) bond motifs is 1. The molecule has 162 valence electrons. The highest BCUT2D eigenvalue weighted by atomic mass is 16.2. The van der Waals surface area contributed by atoms with Gasteiger partial charge < -0.3 is 4.90 Å². The average Bonchev–Trinajstić information content (AvgIpc) is 3.09. The quantitative estimate of drug-likeness (QED) is 0.567. The lowest BCUT2D eigenvalue weighted by molar-refractivity contribution is 0.0656. The Kier molecular flexibility index (Phi) is 5.69. The number of nitrogens with zero attached hydrogens (tertiary/aromatic N) is 4. The van der Waals surface area contributed by atoms with Crippen LogP contribution in [-0.4, -0.2) is 59.3 Å². The normalized spacial score (nSPS) is 16.5. The summed E-state index contributed by atoms with van der Waals surface area (Å²) in [6.45, 7) is 4.82. The molecular formula is C26H26N4O2. The smallest absolute Gasteiger partial charge is 0.263 e. The zero-order chi connectivity index (χ0) is 21.9. The zero-order valence-corrected chi connectivity index (χ0v) is 18.0. The number of carbonyl (C=O) groups is 2. The lowest BCUT2D eigenvalue weighted by atomic mass is 10.1. The van der Waals surface area contributed by atoms with Crippen LogP contribution in [0.25, 0.3) is 0 Å². The van der Waals surface area contributed by atoms with Crippen LogP contribution in [0, 0.1) is 0 Å². The fraction of sp³-hybridized carbons (Fsp3) is 0.269. The molecule has 6 heteroatoms. The molecule has 0 atom stereocenters. The Morgan fingerprint density at radius 1 is 0.750 bits per heavy atom. The standard InChI is InChI=1S/C26H26N4O2/c31-25-22-7-4-8-23(24(22)26(32)30(25)14-11-20-9-12-27-13-10-20)29-17-15-28(16-18-29)19-21-5-2-1-3-6-21/h1-10,12-13H,11,14-19H2. The average molecular weight is 427 g/mol. The van der Waals surface area contributed by atoms with E-state index < -0.39 is 0 Å². The number of anilines is 1. The molecule has 3 aromatic rings. The molecule has 5 rings (SSSR count). The van der Waals surface area contributed by atoms with Crippen molar-refractivity contribution in [1.29, 1.82) is 0 Å². The first-order chi connectivity index (χ1) is 15.7. The van der Waals surface area contributed by atoms with Gasteiger partial charge in [0.2, 0.25) is 0 Å². The van der Waals surface area contributed by atoms with Crippen LogP contribution in [0.3, 0.4) is 0 Å². The number of piperazine rings is 1. The number of imide groups is 1. The largest absolute Gasteiger partial charge is 0.368 e. The number of pyridine rings is 1. The molecule has 2 aliphatic rings. The summed E-state index contributed by atoms with van der Waals surface area (Å²) in [6.07, 6.45) is 4.09. The minimum Gasteiger partial charge on any atom is -0.368 e. The minimum absolute atomic E-state index is 0.179. The van der Waals surface area contributed by atoms with Gasteiger partial charge in [0.1, 0.15) is 0 Å². The Morgan fingerprint density at radius 2 is 1.50 bits per heavy atom. The molecule has 2 aromatic carbocycles. The SMILES string of the molecule is O=C1c2cccc(N3CCN(Cc4ccccc4)CC3)c2C(=O)N1CCc1ccncc1. The molecule has 0 unspecified atom stereocenters. The summed E-state index contributed by atoms with van der Waals surface area (Å²) in [5.74, 6) is -0.370. The molecule has 0 aliphatic carbocycles. The van der Waals surface area contributed by atoms with Crippen LogP contribution in [0.2, 0.25) is 0 Å². The fourth-order valence-corrected chi connectivity index (χ4v) is 4.56. The van der Waals surface area contributed by atoms with E-state index in [1.807, 2.05) is 30.3 Å². The van der Waals surface area contributed by atoms with Gasteiger partial charge in [0, 0.05) is 51.7 Å². The van der Waals surface area contributed by atoms with Crippen molar-refractivity contribution < 1.29 is 9.59 Å². The predicted octanol–water partition coefficient (Wildman–Crippen LogP) is 3.24. The lowest BCUT2D eigenvalue weighted by Crippen LogP contribution is -2.46. The summed E-state index contributed by atoms with van der Waals surface area (Å²) in [5, 5.41) is 0. The maximum atomic E-state index is 13.3. The van der Waals surface area contributed by atoms with Crippen molar-refractivity contribution >= 4 is 17.5 Å². The van der Waals surface area contributed by atoms with Crippen molar-refractivity contribution in [3.05, 3.63) is 95.3 Å². The van der Waals surface area contributed by atoms with E-state index in [4.69, 9.17) is 0 Å². The van der Waals surface area contributed by atoms with E-state index >= 15 is 0 Å². The number of amides is 2. The van der Waals surface area contributed by atoms with E-state index in [2.05, 4.69) is 39.0 Å². The lowest BCUT2D eigenvalue weighted by Gasteiger charge is -2.36. The molecule has 6 nitrogen and oxygen atoms in total. The zero-order valence-electron chi connectivity index (χ0n) is 18.0. The van der Waals surface area contributed by atoms with Crippen LogP contribution < -0.4 is 4.90 Å². The van der Waals surface area contributed by atoms with Gasteiger partial charge in [-0.15, -0.1) is 0 Å². The second-order valence-corrected chi connectivity index (χ2v) is 8.32. The molecular weight excluding hydrogens is 400 g/mol. The highest BCUT2D eigenvalue weighted by Crippen LogP contribution is 2.32. The fourth-order valence-electron chi connectivity index (χ4n) is 4.56. The Hall–Kier alpha value is -3.51. The molecule has 0 radical (unpaired) electrons. The molecule has 0 spiro atoms. The molecule has 32 heavy (non-hydrogen) atoms. The van der Waals surface area contributed by atoms with Crippen molar-refractivity contribution in [3.8, 4) is 0 Å². The molecule has 0 N–H and O–H groups in total. The van der Waals surface area contributed by atoms with E-state index in [0.29, 0.717) is 24.1 Å². The van der Waals surface area contributed by atoms with Crippen molar-refractivity contribution in [2.75, 3.05) is 37.6 Å². The van der Waals surface area contributed by atoms with E-state index in [9.17, 15) is 9.59 Å². The van der Waals surface area contributed by atoms with Gasteiger partial charge in [0.15, 0.2) is 0 Å². The summed E-state index contributed by atoms with van der Waals surface area (Å²) < 4.78 is 0. The summed E-state index contributed by atoms with van der Waals surface area (Å²) >= 11 is 0. The van der Waals surface area contributed by atoms with Gasteiger partial charge in [-0.05, 0) is 41.8 Å². The van der Waals surface area contributed by atoms with Crippen molar-refractivity contribution in [1.82, 2.24) is 14.8 Å². The molecule has 0 bridgehead atoms. The molecule has 3 heterocycles. The van der Waals surface area contributed by atoms with Gasteiger partial charge in [-0.1, -0.05) is 36.4 Å². The Labute approximate surface area is 188 Å². The highest BCUT2D eigenvalue weighted by molar-refractivity contribution is 6.23. The molecule has 2 amide bonds. The summed E-state index contributed by atoms with van der Waals surface area (Å²) in [7, 11) is 0. The van der Waals surface area contributed by atoms with Crippen molar-refractivity contribution in [3.63, 3.8) is 0 Å². The third-order valence-electron chi connectivity index (χ3n) is 6.31. The number of carbonyl (C=O) groups excluding carboxylic acids is 2. The van der Waals surface area contributed by atoms with Gasteiger partial charge in [-0.25, -0.2) is 0 Å². The van der Waals surface area contributed by atoms with Gasteiger partial charge in [-0.3, -0.25) is 24.4 Å². The Balaban J connectivity index is 1.28. The van der Waals surface area contributed by atoms with E-state index in [-0.39, 0.29) is 11.8 Å². The van der Waals surface area contributed by atoms with Crippen LogP contribution in [0.5, 0.6) is 0 Å². The molecule has 1 aromatic heterocycles.